The van der Waals surface area contributed by atoms with Crippen molar-refractivity contribution in [3.63, 3.8) is 0 Å². The van der Waals surface area contributed by atoms with Gasteiger partial charge in [-0.2, -0.15) is 0 Å². The van der Waals surface area contributed by atoms with E-state index in [0.29, 0.717) is 6.61 Å². The van der Waals surface area contributed by atoms with Crippen molar-refractivity contribution in [3.8, 4) is 0 Å². The summed E-state index contributed by atoms with van der Waals surface area (Å²) >= 11 is 4.62. The first-order valence-corrected chi connectivity index (χ1v) is 10.9. The zero-order valence-electron chi connectivity index (χ0n) is 16.0. The summed E-state index contributed by atoms with van der Waals surface area (Å²) in [6.07, 6.45) is 22.0. The summed E-state index contributed by atoms with van der Waals surface area (Å²) in [6.45, 7) is 2.83. The minimum atomic E-state index is -0.189. The zero-order valence-corrected chi connectivity index (χ0v) is 16.8. The minimum absolute atomic E-state index is 0.189. The molecule has 0 fully saturated rings. The van der Waals surface area contributed by atoms with Crippen LogP contribution in [0.4, 0.5) is 0 Å². The predicted octanol–water partition coefficient (Wildman–Crippen LogP) is 7.18. The second kappa shape index (κ2) is 20.6. The van der Waals surface area contributed by atoms with Gasteiger partial charge >= 0.3 is 5.97 Å². The van der Waals surface area contributed by atoms with Gasteiger partial charge < -0.3 is 4.74 Å². The van der Waals surface area contributed by atoms with Crippen LogP contribution >= 0.6 is 12.2 Å². The van der Waals surface area contributed by atoms with Crippen molar-refractivity contribution in [2.75, 3.05) is 6.61 Å². The van der Waals surface area contributed by atoms with Crippen LogP contribution in [-0.4, -0.2) is 17.9 Å². The van der Waals surface area contributed by atoms with Gasteiger partial charge in [-0.05, 0) is 11.8 Å². The molecular weight excluding hydrogens is 316 g/mol. The Morgan fingerprint density at radius 2 is 1.08 bits per heavy atom. The molecule has 0 aliphatic carbocycles. The van der Waals surface area contributed by atoms with Gasteiger partial charge in [-0.1, -0.05) is 115 Å². The van der Waals surface area contributed by atoms with E-state index in [0.717, 1.165) is 6.42 Å². The van der Waals surface area contributed by atoms with Gasteiger partial charge in [-0.15, -0.1) is 0 Å². The molecule has 24 heavy (non-hydrogen) atoms. The van der Waals surface area contributed by atoms with Crippen LogP contribution in [0.2, 0.25) is 0 Å². The van der Waals surface area contributed by atoms with Gasteiger partial charge in [0.05, 0.1) is 13.0 Å². The topological polar surface area (TPSA) is 26.3 Å². The molecule has 0 unspecified atom stereocenters. The number of esters is 1. The summed E-state index contributed by atoms with van der Waals surface area (Å²) in [6, 6.07) is 0. The Balaban J connectivity index is 3.02. The lowest BCUT2D eigenvalue weighted by Crippen LogP contribution is -2.05. The van der Waals surface area contributed by atoms with Crippen molar-refractivity contribution in [2.45, 2.75) is 116 Å². The number of unbranched alkanes of at least 4 members (excludes halogenated alkanes) is 15. The third-order valence-electron chi connectivity index (χ3n) is 4.51. The van der Waals surface area contributed by atoms with Crippen molar-refractivity contribution in [1.29, 1.82) is 0 Å². The molecular formula is C21H40O2S. The fourth-order valence-corrected chi connectivity index (χ4v) is 3.10. The third kappa shape index (κ3) is 19.6. The quantitative estimate of drug-likeness (QED) is 0.139. The number of carbonyl (C=O) groups is 1. The average Bonchev–Trinajstić information content (AvgIpc) is 2.58. The summed E-state index contributed by atoms with van der Waals surface area (Å²) in [4.78, 5) is 11.1. The fourth-order valence-electron chi connectivity index (χ4n) is 2.96. The van der Waals surface area contributed by atoms with E-state index < -0.39 is 0 Å². The van der Waals surface area contributed by atoms with Crippen molar-refractivity contribution in [1.82, 2.24) is 0 Å². The maximum atomic E-state index is 11.1. The first-order valence-electron chi connectivity index (χ1n) is 10.4. The van der Waals surface area contributed by atoms with Crippen molar-refractivity contribution >= 4 is 23.6 Å². The van der Waals surface area contributed by atoms with E-state index in [1.54, 1.807) is 0 Å². The fraction of sp³-hybridized carbons (Fsp3) is 0.905. The highest BCUT2D eigenvalue weighted by molar-refractivity contribution is 7.79. The lowest BCUT2D eigenvalue weighted by molar-refractivity contribution is -0.142. The molecule has 0 atom stereocenters. The highest BCUT2D eigenvalue weighted by Gasteiger charge is 1.99. The first-order chi connectivity index (χ1) is 11.8. The Kier molecular flexibility index (Phi) is 20.2. The van der Waals surface area contributed by atoms with Crippen LogP contribution in [0.1, 0.15) is 116 Å². The second-order valence-corrected chi connectivity index (χ2v) is 7.23. The molecule has 0 N–H and O–H groups in total. The van der Waals surface area contributed by atoms with Gasteiger partial charge in [0, 0.05) is 0 Å². The monoisotopic (exact) mass is 356 g/mol. The van der Waals surface area contributed by atoms with Crippen LogP contribution in [0.5, 0.6) is 0 Å². The van der Waals surface area contributed by atoms with Crippen LogP contribution in [0.25, 0.3) is 0 Å². The van der Waals surface area contributed by atoms with Gasteiger partial charge in [0.2, 0.25) is 0 Å². The number of rotatable bonds is 19. The zero-order chi connectivity index (χ0) is 17.7. The van der Waals surface area contributed by atoms with Crippen molar-refractivity contribution in [3.05, 3.63) is 0 Å². The first kappa shape index (κ1) is 23.6. The highest BCUT2D eigenvalue weighted by atomic mass is 32.1. The molecule has 0 aromatic carbocycles. The molecule has 0 amide bonds. The van der Waals surface area contributed by atoms with E-state index in [2.05, 4.69) is 19.1 Å². The maximum absolute atomic E-state index is 11.1. The summed E-state index contributed by atoms with van der Waals surface area (Å²) in [5.41, 5.74) is 0. The van der Waals surface area contributed by atoms with E-state index in [1.807, 2.05) is 0 Å². The second-order valence-electron chi connectivity index (χ2n) is 6.89. The van der Waals surface area contributed by atoms with Gasteiger partial charge in [0.25, 0.3) is 0 Å². The summed E-state index contributed by atoms with van der Waals surface area (Å²) in [5.74, 6) is -0.189. The number of carbonyl (C=O) groups excluding carboxylic acids is 1. The molecule has 0 radical (unpaired) electrons. The Hall–Kier alpha value is -0.440. The lowest BCUT2D eigenvalue weighted by atomic mass is 10.0. The Bertz CT molecular complexity index is 279. The summed E-state index contributed by atoms with van der Waals surface area (Å²) in [7, 11) is 0. The normalized spacial score (nSPS) is 10.7. The molecule has 0 bridgehead atoms. The Morgan fingerprint density at radius 1 is 0.708 bits per heavy atom. The predicted molar refractivity (Wildman–Crippen MR) is 109 cm³/mol. The summed E-state index contributed by atoms with van der Waals surface area (Å²) < 4.78 is 5.06. The van der Waals surface area contributed by atoms with Gasteiger partial charge in [0.1, 0.15) is 0 Å². The average molecular weight is 357 g/mol. The molecule has 0 heterocycles. The molecule has 0 aliphatic rings. The Morgan fingerprint density at radius 3 is 1.46 bits per heavy atom. The SMILES string of the molecule is CCCCCCCCCCCCCCCCCCOC(=O)CC=S. The number of ether oxygens (including phenoxy) is 1. The van der Waals surface area contributed by atoms with Crippen LogP contribution in [-0.2, 0) is 9.53 Å². The van der Waals surface area contributed by atoms with E-state index in [9.17, 15) is 4.79 Å². The largest absolute Gasteiger partial charge is 0.465 e. The van der Waals surface area contributed by atoms with Crippen molar-refractivity contribution in [2.24, 2.45) is 0 Å². The molecule has 0 saturated heterocycles. The molecule has 0 rings (SSSR count). The van der Waals surface area contributed by atoms with E-state index in [1.165, 1.54) is 102 Å². The molecule has 0 saturated carbocycles. The third-order valence-corrected chi connectivity index (χ3v) is 4.68. The number of hydrogen-bond acceptors (Lipinski definition) is 3. The van der Waals surface area contributed by atoms with Crippen LogP contribution in [0, 0.1) is 0 Å². The van der Waals surface area contributed by atoms with Crippen LogP contribution in [0.15, 0.2) is 0 Å². The lowest BCUT2D eigenvalue weighted by Gasteiger charge is -2.04. The molecule has 142 valence electrons. The Labute approximate surface area is 156 Å². The van der Waals surface area contributed by atoms with E-state index >= 15 is 0 Å². The standard InChI is InChI=1S/C21H40O2S/c1-2-3-4-5-6-7-8-9-10-11-12-13-14-15-16-17-19-23-21(22)18-20-24/h20H,2-19H2,1H3. The van der Waals surface area contributed by atoms with Gasteiger partial charge in [-0.3, -0.25) is 4.79 Å². The number of hydrogen-bond donors (Lipinski definition) is 0. The molecule has 0 aliphatic heterocycles. The van der Waals surface area contributed by atoms with Crippen LogP contribution < -0.4 is 0 Å². The molecule has 0 aromatic heterocycles. The molecule has 0 aromatic rings. The van der Waals surface area contributed by atoms with Gasteiger partial charge in [-0.25, -0.2) is 0 Å². The minimum Gasteiger partial charge on any atom is -0.465 e. The summed E-state index contributed by atoms with van der Waals surface area (Å²) in [5, 5.41) is 1.43. The van der Waals surface area contributed by atoms with E-state index in [4.69, 9.17) is 4.74 Å². The van der Waals surface area contributed by atoms with Crippen LogP contribution in [0.3, 0.4) is 0 Å². The smallest absolute Gasteiger partial charge is 0.310 e. The van der Waals surface area contributed by atoms with E-state index in [-0.39, 0.29) is 12.4 Å². The van der Waals surface area contributed by atoms with Gasteiger partial charge in [0.15, 0.2) is 0 Å². The number of thiocarbonyl (C=S) groups is 1. The molecule has 0 spiro atoms. The van der Waals surface area contributed by atoms with Crippen molar-refractivity contribution < 1.29 is 9.53 Å². The maximum Gasteiger partial charge on any atom is 0.310 e. The molecule has 3 heteroatoms. The highest BCUT2D eigenvalue weighted by Crippen LogP contribution is 2.13. The molecule has 2 nitrogen and oxygen atoms in total.